The highest BCUT2D eigenvalue weighted by atomic mass is 19.3. The predicted octanol–water partition coefficient (Wildman–Crippen LogP) is 3.01. The lowest BCUT2D eigenvalue weighted by molar-refractivity contribution is -0.0498. The number of halogens is 2. The summed E-state index contributed by atoms with van der Waals surface area (Å²) in [5.74, 6) is 1.70. The summed E-state index contributed by atoms with van der Waals surface area (Å²) in [6, 6.07) is 9.66. The number of aliphatic hydroxyl groups is 1. The lowest BCUT2D eigenvalue weighted by Crippen LogP contribution is -2.20. The maximum Gasteiger partial charge on any atom is 0.387 e. The molecule has 0 amide bonds. The zero-order valence-electron chi connectivity index (χ0n) is 11.6. The van der Waals surface area contributed by atoms with E-state index in [0.717, 1.165) is 11.5 Å². The number of aryl methyl sites for hydroxylation is 1. The fraction of sp³-hybridized carbons (Fsp3) is 0.333. The largest absolute Gasteiger partial charge is 0.465 e. The number of rotatable bonds is 7. The fourth-order valence-corrected chi connectivity index (χ4v) is 1.90. The molecular weight excluding hydrogens is 280 g/mol. The molecule has 21 heavy (non-hydrogen) atoms. The van der Waals surface area contributed by atoms with Crippen LogP contribution in [0.5, 0.6) is 5.75 Å². The number of alkyl halides is 2. The van der Waals surface area contributed by atoms with Crippen molar-refractivity contribution >= 4 is 0 Å². The number of aliphatic hydroxyl groups excluding tert-OH is 1. The van der Waals surface area contributed by atoms with Crippen molar-refractivity contribution in [2.24, 2.45) is 0 Å². The molecule has 0 bridgehead atoms. The van der Waals surface area contributed by atoms with Gasteiger partial charge in [-0.05, 0) is 36.8 Å². The van der Waals surface area contributed by atoms with E-state index in [9.17, 15) is 13.9 Å². The van der Waals surface area contributed by atoms with E-state index in [-0.39, 0.29) is 5.75 Å². The Labute approximate surface area is 121 Å². The van der Waals surface area contributed by atoms with Crippen LogP contribution in [0.25, 0.3) is 0 Å². The molecule has 1 aromatic carbocycles. The van der Waals surface area contributed by atoms with Crippen molar-refractivity contribution < 1.29 is 23.0 Å². The summed E-state index contributed by atoms with van der Waals surface area (Å²) in [7, 11) is 0. The van der Waals surface area contributed by atoms with Crippen molar-refractivity contribution in [3.8, 4) is 5.75 Å². The van der Waals surface area contributed by atoms with Crippen molar-refractivity contribution in [2.45, 2.75) is 26.2 Å². The zero-order chi connectivity index (χ0) is 15.2. The van der Waals surface area contributed by atoms with Gasteiger partial charge in [0, 0.05) is 6.54 Å². The molecule has 0 saturated heterocycles. The van der Waals surface area contributed by atoms with Gasteiger partial charge >= 0.3 is 6.61 Å². The standard InChI is InChI=1S/C15H17F2NO3/c1-10-2-5-13(20-10)8-18-9-14(19)11-3-6-12(7-4-11)21-15(16)17/h2-7,14-15,18-19H,8-9H2,1H3. The van der Waals surface area contributed by atoms with Crippen LogP contribution in [0.4, 0.5) is 8.78 Å². The second-order valence-corrected chi connectivity index (χ2v) is 4.61. The minimum atomic E-state index is -2.85. The number of ether oxygens (including phenoxy) is 1. The second-order valence-electron chi connectivity index (χ2n) is 4.61. The van der Waals surface area contributed by atoms with Gasteiger partial charge in [-0.2, -0.15) is 8.78 Å². The van der Waals surface area contributed by atoms with Gasteiger partial charge in [-0.15, -0.1) is 0 Å². The number of hydrogen-bond acceptors (Lipinski definition) is 4. The van der Waals surface area contributed by atoms with E-state index >= 15 is 0 Å². The lowest BCUT2D eigenvalue weighted by Gasteiger charge is -2.12. The van der Waals surface area contributed by atoms with Crippen LogP contribution in [0, 0.1) is 6.92 Å². The average Bonchev–Trinajstić information content (AvgIpc) is 2.84. The lowest BCUT2D eigenvalue weighted by atomic mass is 10.1. The van der Waals surface area contributed by atoms with Gasteiger partial charge in [-0.1, -0.05) is 12.1 Å². The summed E-state index contributed by atoms with van der Waals surface area (Å²) in [4.78, 5) is 0. The fourth-order valence-electron chi connectivity index (χ4n) is 1.90. The van der Waals surface area contributed by atoms with Crippen LogP contribution in [-0.2, 0) is 6.54 Å². The Morgan fingerprint density at radius 2 is 1.90 bits per heavy atom. The molecule has 0 aliphatic heterocycles. The van der Waals surface area contributed by atoms with E-state index in [1.807, 2.05) is 19.1 Å². The van der Waals surface area contributed by atoms with Gasteiger partial charge in [0.2, 0.25) is 0 Å². The van der Waals surface area contributed by atoms with Crippen molar-refractivity contribution in [3.63, 3.8) is 0 Å². The first kappa shape index (κ1) is 15.5. The van der Waals surface area contributed by atoms with Gasteiger partial charge in [0.05, 0.1) is 12.6 Å². The summed E-state index contributed by atoms with van der Waals surface area (Å²) in [5, 5.41) is 13.1. The highest BCUT2D eigenvalue weighted by Crippen LogP contribution is 2.19. The Bertz CT molecular complexity index is 554. The normalized spacial score (nSPS) is 12.6. The van der Waals surface area contributed by atoms with Crippen LogP contribution >= 0.6 is 0 Å². The first-order valence-corrected chi connectivity index (χ1v) is 6.53. The molecule has 4 nitrogen and oxygen atoms in total. The Morgan fingerprint density at radius 1 is 1.19 bits per heavy atom. The average molecular weight is 297 g/mol. The third-order valence-electron chi connectivity index (χ3n) is 2.92. The molecule has 1 unspecified atom stereocenters. The quantitative estimate of drug-likeness (QED) is 0.825. The monoisotopic (exact) mass is 297 g/mol. The van der Waals surface area contributed by atoms with Crippen molar-refractivity contribution in [1.82, 2.24) is 5.32 Å². The summed E-state index contributed by atoms with van der Waals surface area (Å²) >= 11 is 0. The molecule has 6 heteroatoms. The molecule has 0 saturated carbocycles. The number of hydrogen-bond donors (Lipinski definition) is 2. The van der Waals surface area contributed by atoms with Crippen LogP contribution in [0.2, 0.25) is 0 Å². The van der Waals surface area contributed by atoms with Crippen molar-refractivity contribution in [2.75, 3.05) is 6.54 Å². The Morgan fingerprint density at radius 3 is 2.48 bits per heavy atom. The smallest absolute Gasteiger partial charge is 0.387 e. The van der Waals surface area contributed by atoms with Crippen LogP contribution in [0.3, 0.4) is 0 Å². The maximum atomic E-state index is 12.0. The Hall–Kier alpha value is -1.92. The third kappa shape index (κ3) is 4.84. The summed E-state index contributed by atoms with van der Waals surface area (Å²) in [5.41, 5.74) is 0.625. The molecule has 0 aliphatic carbocycles. The zero-order valence-corrected chi connectivity index (χ0v) is 11.6. The molecule has 1 atom stereocenters. The van der Waals surface area contributed by atoms with Gasteiger partial charge in [-0.25, -0.2) is 0 Å². The van der Waals surface area contributed by atoms with E-state index in [2.05, 4.69) is 10.1 Å². The number of furan rings is 1. The number of nitrogens with one attached hydrogen (secondary N) is 1. The maximum absolute atomic E-state index is 12.0. The molecular formula is C15H17F2NO3. The molecule has 0 aliphatic rings. The molecule has 1 heterocycles. The van der Waals surface area contributed by atoms with Crippen LogP contribution in [0.15, 0.2) is 40.8 Å². The first-order valence-electron chi connectivity index (χ1n) is 6.53. The van der Waals surface area contributed by atoms with E-state index in [1.54, 1.807) is 12.1 Å². The minimum absolute atomic E-state index is 0.0694. The molecule has 2 rings (SSSR count). The van der Waals surface area contributed by atoms with Gasteiger partial charge in [0.15, 0.2) is 0 Å². The summed E-state index contributed by atoms with van der Waals surface area (Å²) in [6.07, 6.45) is -0.735. The SMILES string of the molecule is Cc1ccc(CNCC(O)c2ccc(OC(F)F)cc2)o1. The van der Waals surface area contributed by atoms with E-state index < -0.39 is 12.7 Å². The van der Waals surface area contributed by atoms with E-state index in [0.29, 0.717) is 18.7 Å². The first-order chi connectivity index (χ1) is 10.0. The molecule has 2 aromatic rings. The predicted molar refractivity (Wildman–Crippen MR) is 73.2 cm³/mol. The topological polar surface area (TPSA) is 54.6 Å². The van der Waals surface area contributed by atoms with Gasteiger partial charge in [0.25, 0.3) is 0 Å². The molecule has 2 N–H and O–H groups in total. The molecule has 1 aromatic heterocycles. The van der Waals surface area contributed by atoms with Crippen LogP contribution in [0.1, 0.15) is 23.2 Å². The van der Waals surface area contributed by atoms with Crippen LogP contribution < -0.4 is 10.1 Å². The number of benzene rings is 1. The highest BCUT2D eigenvalue weighted by Gasteiger charge is 2.09. The molecule has 114 valence electrons. The van der Waals surface area contributed by atoms with Gasteiger partial charge in [-0.3, -0.25) is 0 Å². The highest BCUT2D eigenvalue weighted by molar-refractivity contribution is 5.28. The van der Waals surface area contributed by atoms with E-state index in [1.165, 1.54) is 12.1 Å². The molecule has 0 radical (unpaired) electrons. The Kier molecular flexibility index (Phi) is 5.30. The minimum Gasteiger partial charge on any atom is -0.465 e. The van der Waals surface area contributed by atoms with Crippen LogP contribution in [-0.4, -0.2) is 18.3 Å². The molecule has 0 spiro atoms. The van der Waals surface area contributed by atoms with Gasteiger partial charge in [0.1, 0.15) is 17.3 Å². The summed E-state index contributed by atoms with van der Waals surface area (Å²) in [6.45, 7) is -0.146. The second kappa shape index (κ2) is 7.19. The van der Waals surface area contributed by atoms with E-state index in [4.69, 9.17) is 4.42 Å². The van der Waals surface area contributed by atoms with Crippen molar-refractivity contribution in [1.29, 1.82) is 0 Å². The molecule has 0 fully saturated rings. The van der Waals surface area contributed by atoms with Gasteiger partial charge < -0.3 is 19.6 Å². The third-order valence-corrected chi connectivity index (χ3v) is 2.92. The van der Waals surface area contributed by atoms with Crippen molar-refractivity contribution in [3.05, 3.63) is 53.5 Å². The Balaban J connectivity index is 1.81. The summed E-state index contributed by atoms with van der Waals surface area (Å²) < 4.78 is 33.7.